The Kier molecular flexibility index (Phi) is 8.01. The van der Waals surface area contributed by atoms with Crippen molar-refractivity contribution in [2.24, 2.45) is 50.7 Å². The first-order valence-electron chi connectivity index (χ1n) is 18.3. The van der Waals surface area contributed by atoms with Gasteiger partial charge in [0.1, 0.15) is 36.6 Å². The van der Waals surface area contributed by atoms with Gasteiger partial charge in [-0.2, -0.15) is 0 Å². The van der Waals surface area contributed by atoms with E-state index in [4.69, 9.17) is 18.9 Å². The van der Waals surface area contributed by atoms with Crippen LogP contribution < -0.4 is 0 Å². The van der Waals surface area contributed by atoms with Crippen molar-refractivity contribution in [2.45, 2.75) is 161 Å². The summed E-state index contributed by atoms with van der Waals surface area (Å²) < 4.78 is 23.6. The summed E-state index contributed by atoms with van der Waals surface area (Å²) in [5.41, 5.74) is -2.47. The molecule has 17 atom stereocenters. The smallest absolute Gasteiger partial charge is 0.302 e. The van der Waals surface area contributed by atoms with E-state index in [1.807, 2.05) is 20.8 Å². The molecule has 272 valence electrons. The number of carbonyl (C=O) groups is 2. The highest BCUT2D eigenvalue weighted by atomic mass is 16.7. The lowest BCUT2D eigenvalue weighted by molar-refractivity contribution is -0.305. The van der Waals surface area contributed by atoms with Crippen LogP contribution in [0.4, 0.5) is 0 Å². The standard InChI is InChI=1S/C37H58O11/c1-17(13-21(46-18(2)38)30-33(5,6)48-30)24-26(42)29(44)35(8)28-19(39)14-22-32(3,4)23(47-31-27(43)25(41)20(40)15-45-31)9-10-36(22)16-37(28,36)12-11-34(24,35)7/h17,19-25,27-31,39-41,43-44H,9-16H2,1-8H3. The van der Waals surface area contributed by atoms with Crippen molar-refractivity contribution in [2.75, 3.05) is 6.61 Å². The van der Waals surface area contributed by atoms with Crippen LogP contribution in [0.1, 0.15) is 100 Å². The van der Waals surface area contributed by atoms with Crippen molar-refractivity contribution < 1.29 is 54.1 Å². The number of hydrogen-bond donors (Lipinski definition) is 5. The van der Waals surface area contributed by atoms with Crippen LogP contribution in [-0.2, 0) is 28.5 Å². The molecular weight excluding hydrogens is 620 g/mol. The summed E-state index contributed by atoms with van der Waals surface area (Å²) in [4.78, 5) is 26.3. The maximum atomic E-state index is 14.3. The fourth-order valence-corrected chi connectivity index (χ4v) is 13.2. The van der Waals surface area contributed by atoms with Gasteiger partial charge in [-0.1, -0.05) is 34.6 Å². The number of esters is 1. The highest BCUT2D eigenvalue weighted by Gasteiger charge is 2.86. The first kappa shape index (κ1) is 35.2. The number of Topliss-reactive ketones (excluding diaryl/α,β-unsaturated/α-hetero) is 1. The Hall–Kier alpha value is -1.18. The molecule has 7 aliphatic rings. The molecule has 0 aromatic rings. The molecule has 0 aromatic heterocycles. The average molecular weight is 679 g/mol. The third-order valence-electron chi connectivity index (χ3n) is 15.6. The Balaban J connectivity index is 1.14. The number of aliphatic hydroxyl groups excluding tert-OH is 5. The lowest BCUT2D eigenvalue weighted by Crippen LogP contribution is -2.64. The molecule has 0 aromatic carbocycles. The van der Waals surface area contributed by atoms with Crippen molar-refractivity contribution in [1.29, 1.82) is 0 Å². The van der Waals surface area contributed by atoms with Gasteiger partial charge in [-0.25, -0.2) is 0 Å². The number of ether oxygens (including phenoxy) is 4. The zero-order chi connectivity index (χ0) is 35.1. The summed E-state index contributed by atoms with van der Waals surface area (Å²) in [6.07, 6.45) is -2.79. The number of aliphatic hydroxyl groups is 5. The van der Waals surface area contributed by atoms with Crippen molar-refractivity contribution in [1.82, 2.24) is 0 Å². The third-order valence-corrected chi connectivity index (χ3v) is 15.6. The fraction of sp³-hybridized carbons (Fsp3) is 0.946. The van der Waals surface area contributed by atoms with Gasteiger partial charge >= 0.3 is 5.97 Å². The minimum atomic E-state index is -1.37. The molecule has 5 saturated carbocycles. The molecule has 5 N–H and O–H groups in total. The Labute approximate surface area is 284 Å². The molecule has 2 saturated heterocycles. The monoisotopic (exact) mass is 678 g/mol. The van der Waals surface area contributed by atoms with E-state index in [2.05, 4.69) is 27.7 Å². The summed E-state index contributed by atoms with van der Waals surface area (Å²) in [6, 6.07) is 0. The fourth-order valence-electron chi connectivity index (χ4n) is 13.2. The maximum absolute atomic E-state index is 14.3. The molecule has 11 nitrogen and oxygen atoms in total. The molecule has 0 radical (unpaired) electrons. The van der Waals surface area contributed by atoms with E-state index in [9.17, 15) is 35.1 Å². The SMILES string of the molecule is CC(=O)OC(CC(C)C1C(=O)C(O)C2(C)C3C(O)CC4C(C)(C)C(OC5OCC(O)C(O)C5O)CCC45CC35CCC12C)C1OC1(C)C. The molecule has 5 aliphatic carbocycles. The van der Waals surface area contributed by atoms with E-state index in [-0.39, 0.29) is 59.2 Å². The molecule has 48 heavy (non-hydrogen) atoms. The minimum absolute atomic E-state index is 0.0614. The van der Waals surface area contributed by atoms with Crippen LogP contribution in [0, 0.1) is 50.7 Å². The molecule has 7 rings (SSSR count). The van der Waals surface area contributed by atoms with E-state index in [1.165, 1.54) is 6.92 Å². The topological polar surface area (TPSA) is 176 Å². The van der Waals surface area contributed by atoms with Gasteiger partial charge in [0.2, 0.25) is 0 Å². The molecular formula is C37H58O11. The Morgan fingerprint density at radius 3 is 2.25 bits per heavy atom. The van der Waals surface area contributed by atoms with Crippen molar-refractivity contribution >= 4 is 11.8 Å². The Bertz CT molecular complexity index is 1330. The zero-order valence-electron chi connectivity index (χ0n) is 29.8. The van der Waals surface area contributed by atoms with E-state index >= 15 is 0 Å². The van der Waals surface area contributed by atoms with Crippen LogP contribution in [0.15, 0.2) is 0 Å². The first-order valence-corrected chi connectivity index (χ1v) is 18.3. The summed E-state index contributed by atoms with van der Waals surface area (Å²) in [6.45, 7) is 15.8. The van der Waals surface area contributed by atoms with Crippen LogP contribution in [0.25, 0.3) is 0 Å². The van der Waals surface area contributed by atoms with E-state index in [1.54, 1.807) is 0 Å². The van der Waals surface area contributed by atoms with E-state index < -0.39 is 70.7 Å². The van der Waals surface area contributed by atoms with Gasteiger partial charge in [-0.3, -0.25) is 9.59 Å². The molecule has 0 bridgehead atoms. The van der Waals surface area contributed by atoms with Crippen LogP contribution in [0.3, 0.4) is 0 Å². The molecule has 0 amide bonds. The van der Waals surface area contributed by atoms with Crippen molar-refractivity contribution in [3.63, 3.8) is 0 Å². The second-order valence-corrected chi connectivity index (χ2v) is 18.5. The number of epoxide rings is 1. The average Bonchev–Trinajstić information content (AvgIpc) is 3.84. The van der Waals surface area contributed by atoms with Crippen LogP contribution in [0.2, 0.25) is 0 Å². The van der Waals surface area contributed by atoms with Gasteiger partial charge in [0.25, 0.3) is 0 Å². The van der Waals surface area contributed by atoms with Crippen LogP contribution in [0.5, 0.6) is 0 Å². The number of carbonyl (C=O) groups excluding carboxylic acids is 2. The maximum Gasteiger partial charge on any atom is 0.302 e. The van der Waals surface area contributed by atoms with Gasteiger partial charge in [-0.15, -0.1) is 0 Å². The summed E-state index contributed by atoms with van der Waals surface area (Å²) in [7, 11) is 0. The first-order chi connectivity index (χ1) is 22.2. The highest BCUT2D eigenvalue weighted by molar-refractivity contribution is 5.90. The molecule has 2 heterocycles. The molecule has 7 fully saturated rings. The second-order valence-electron chi connectivity index (χ2n) is 18.5. The van der Waals surface area contributed by atoms with Gasteiger partial charge in [0.05, 0.1) is 24.4 Å². The predicted molar refractivity (Wildman–Crippen MR) is 171 cm³/mol. The lowest BCUT2D eigenvalue weighted by atomic mass is 9.40. The van der Waals surface area contributed by atoms with Gasteiger partial charge < -0.3 is 44.5 Å². The number of ketones is 1. The number of rotatable bonds is 7. The summed E-state index contributed by atoms with van der Waals surface area (Å²) in [5, 5.41) is 55.1. The van der Waals surface area contributed by atoms with Crippen molar-refractivity contribution in [3.8, 4) is 0 Å². The molecule has 2 spiro atoms. The van der Waals surface area contributed by atoms with Gasteiger partial charge in [-0.05, 0) is 98.2 Å². The van der Waals surface area contributed by atoms with E-state index in [0.717, 1.165) is 25.7 Å². The Morgan fingerprint density at radius 1 is 0.958 bits per heavy atom. The van der Waals surface area contributed by atoms with Crippen molar-refractivity contribution in [3.05, 3.63) is 0 Å². The Morgan fingerprint density at radius 2 is 1.62 bits per heavy atom. The third kappa shape index (κ3) is 4.53. The van der Waals surface area contributed by atoms with Crippen LogP contribution >= 0.6 is 0 Å². The number of hydrogen-bond acceptors (Lipinski definition) is 11. The molecule has 11 heteroatoms. The molecule has 17 unspecified atom stereocenters. The van der Waals surface area contributed by atoms with E-state index in [0.29, 0.717) is 19.3 Å². The van der Waals surface area contributed by atoms with Crippen LogP contribution in [-0.4, -0.2) is 105 Å². The second kappa shape index (κ2) is 10.9. The molecule has 2 aliphatic heterocycles. The summed E-state index contributed by atoms with van der Waals surface area (Å²) >= 11 is 0. The summed E-state index contributed by atoms with van der Waals surface area (Å²) in [5.74, 6) is -1.32. The van der Waals surface area contributed by atoms with Gasteiger partial charge in [0, 0.05) is 18.3 Å². The normalized spacial score (nSPS) is 54.2. The quantitative estimate of drug-likeness (QED) is 0.152. The minimum Gasteiger partial charge on any atom is -0.460 e. The van der Waals surface area contributed by atoms with Gasteiger partial charge in [0.15, 0.2) is 12.1 Å². The highest BCUT2D eigenvalue weighted by Crippen LogP contribution is 2.89. The predicted octanol–water partition coefficient (Wildman–Crippen LogP) is 2.51. The zero-order valence-corrected chi connectivity index (χ0v) is 29.8. The number of fused-ring (bicyclic) bond motifs is 2. The lowest BCUT2D eigenvalue weighted by Gasteiger charge is -2.64. The largest absolute Gasteiger partial charge is 0.460 e.